The van der Waals surface area contributed by atoms with Crippen LogP contribution in [-0.2, 0) is 0 Å². The lowest BCUT2D eigenvalue weighted by Crippen LogP contribution is -2.28. The Hall–Kier alpha value is -1.95. The van der Waals surface area contributed by atoms with Crippen molar-refractivity contribution < 1.29 is 4.79 Å². The number of halogens is 1. The normalized spacial score (nSPS) is 11.1. The number of hydrogen-bond donors (Lipinski definition) is 2. The Kier molecular flexibility index (Phi) is 4.81. The van der Waals surface area contributed by atoms with Crippen molar-refractivity contribution in [1.82, 2.24) is 9.97 Å². The number of nitrogens with zero attached hydrogens (tertiary/aromatic N) is 2. The maximum Gasteiger partial charge on any atom is 0.274 e. The van der Waals surface area contributed by atoms with Crippen molar-refractivity contribution in [3.63, 3.8) is 0 Å². The molecule has 1 aromatic carbocycles. The molecule has 116 valence electrons. The van der Waals surface area contributed by atoms with Gasteiger partial charge >= 0.3 is 0 Å². The van der Waals surface area contributed by atoms with Crippen LogP contribution in [0.15, 0.2) is 34.9 Å². The third-order valence-electron chi connectivity index (χ3n) is 2.81. The van der Waals surface area contributed by atoms with Crippen LogP contribution < -0.4 is 10.6 Å². The molecule has 0 bridgehead atoms. The van der Waals surface area contributed by atoms with Gasteiger partial charge in [0.25, 0.3) is 5.91 Å². The molecule has 0 aliphatic carbocycles. The topological polar surface area (TPSA) is 66.9 Å². The Balaban J connectivity index is 2.17. The molecule has 0 fully saturated rings. The number of nitrogens with one attached hydrogen (secondary N) is 2. The second-order valence-electron chi connectivity index (χ2n) is 6.05. The summed E-state index contributed by atoms with van der Waals surface area (Å²) >= 11 is 3.40. The number of carbonyl (C=O) groups is 1. The summed E-state index contributed by atoms with van der Waals surface area (Å²) in [5, 5.41) is 6.02. The standard InChI is InChI=1S/C16H19BrN4O/c1-10-9-11(17)5-6-12(10)19-14(22)13-7-8-18-15(20-13)21-16(2,3)4/h5-9H,1-4H3,(H,19,22)(H,18,20,21). The fourth-order valence-corrected chi connectivity index (χ4v) is 2.31. The highest BCUT2D eigenvalue weighted by atomic mass is 79.9. The monoisotopic (exact) mass is 362 g/mol. The fourth-order valence-electron chi connectivity index (χ4n) is 1.83. The number of carbonyl (C=O) groups excluding carboxylic acids is 1. The summed E-state index contributed by atoms with van der Waals surface area (Å²) < 4.78 is 0.974. The lowest BCUT2D eigenvalue weighted by atomic mass is 10.1. The largest absolute Gasteiger partial charge is 0.350 e. The van der Waals surface area contributed by atoms with Crippen LogP contribution in [0.4, 0.5) is 11.6 Å². The molecular formula is C16H19BrN4O. The SMILES string of the molecule is Cc1cc(Br)ccc1NC(=O)c1ccnc(NC(C)(C)C)n1. The molecule has 6 heteroatoms. The van der Waals surface area contributed by atoms with Crippen LogP contribution in [0.25, 0.3) is 0 Å². The minimum absolute atomic E-state index is 0.169. The molecule has 5 nitrogen and oxygen atoms in total. The minimum Gasteiger partial charge on any atom is -0.350 e. The highest BCUT2D eigenvalue weighted by molar-refractivity contribution is 9.10. The Labute approximate surface area is 138 Å². The first-order valence-electron chi connectivity index (χ1n) is 6.93. The quantitative estimate of drug-likeness (QED) is 0.865. The van der Waals surface area contributed by atoms with Crippen LogP contribution in [-0.4, -0.2) is 21.4 Å². The average molecular weight is 363 g/mol. The fraction of sp³-hybridized carbons (Fsp3) is 0.312. The van der Waals surface area contributed by atoms with Crippen LogP contribution in [0.5, 0.6) is 0 Å². The van der Waals surface area contributed by atoms with Gasteiger partial charge in [0.2, 0.25) is 5.95 Å². The zero-order chi connectivity index (χ0) is 16.3. The zero-order valence-corrected chi connectivity index (χ0v) is 14.7. The summed E-state index contributed by atoms with van der Waals surface area (Å²) in [5.74, 6) is 0.178. The first-order valence-corrected chi connectivity index (χ1v) is 7.73. The van der Waals surface area contributed by atoms with E-state index in [4.69, 9.17) is 0 Å². The predicted molar refractivity (Wildman–Crippen MR) is 92.2 cm³/mol. The van der Waals surface area contributed by atoms with Crippen molar-refractivity contribution in [2.24, 2.45) is 0 Å². The molecule has 2 N–H and O–H groups in total. The summed E-state index contributed by atoms with van der Waals surface area (Å²) in [7, 11) is 0. The molecule has 0 aliphatic heterocycles. The third kappa shape index (κ3) is 4.53. The number of rotatable bonds is 3. The van der Waals surface area contributed by atoms with E-state index in [0.29, 0.717) is 11.6 Å². The summed E-state index contributed by atoms with van der Waals surface area (Å²) in [5.41, 5.74) is 1.89. The van der Waals surface area contributed by atoms with Crippen molar-refractivity contribution in [3.05, 3.63) is 46.2 Å². The Morgan fingerprint density at radius 3 is 2.59 bits per heavy atom. The summed E-state index contributed by atoms with van der Waals surface area (Å²) in [6.45, 7) is 7.96. The van der Waals surface area contributed by atoms with Gasteiger partial charge in [-0.2, -0.15) is 0 Å². The average Bonchev–Trinajstić information content (AvgIpc) is 2.40. The van der Waals surface area contributed by atoms with E-state index >= 15 is 0 Å². The number of hydrogen-bond acceptors (Lipinski definition) is 4. The van der Waals surface area contributed by atoms with Crippen molar-refractivity contribution in [1.29, 1.82) is 0 Å². The first-order chi connectivity index (χ1) is 10.2. The van der Waals surface area contributed by atoms with Crippen molar-refractivity contribution in [3.8, 4) is 0 Å². The Morgan fingerprint density at radius 2 is 1.95 bits per heavy atom. The lowest BCUT2D eigenvalue weighted by molar-refractivity contribution is 0.102. The van der Waals surface area contributed by atoms with E-state index in [9.17, 15) is 4.79 Å². The molecule has 2 aromatic rings. The van der Waals surface area contributed by atoms with E-state index < -0.39 is 0 Å². The van der Waals surface area contributed by atoms with Crippen LogP contribution >= 0.6 is 15.9 Å². The van der Waals surface area contributed by atoms with E-state index in [1.54, 1.807) is 12.3 Å². The summed E-state index contributed by atoms with van der Waals surface area (Å²) in [6, 6.07) is 7.28. The molecule has 2 rings (SSSR count). The maximum atomic E-state index is 12.3. The van der Waals surface area contributed by atoms with Gasteiger partial charge in [-0.25, -0.2) is 9.97 Å². The van der Waals surface area contributed by atoms with Crippen LogP contribution in [0.2, 0.25) is 0 Å². The molecule has 1 heterocycles. The van der Waals surface area contributed by atoms with Gasteiger partial charge in [0, 0.05) is 21.9 Å². The number of benzene rings is 1. The van der Waals surface area contributed by atoms with Crippen molar-refractivity contribution in [2.45, 2.75) is 33.2 Å². The lowest BCUT2D eigenvalue weighted by Gasteiger charge is -2.20. The second kappa shape index (κ2) is 6.44. The number of aromatic nitrogens is 2. The Morgan fingerprint density at radius 1 is 1.23 bits per heavy atom. The predicted octanol–water partition coefficient (Wildman–Crippen LogP) is 4.01. The van der Waals surface area contributed by atoms with Gasteiger partial charge in [-0.3, -0.25) is 4.79 Å². The molecule has 1 amide bonds. The zero-order valence-electron chi connectivity index (χ0n) is 13.1. The summed E-state index contributed by atoms with van der Waals surface area (Å²) in [6.07, 6.45) is 1.57. The molecule has 0 atom stereocenters. The highest BCUT2D eigenvalue weighted by Crippen LogP contribution is 2.20. The Bertz CT molecular complexity index is 695. The number of aryl methyl sites for hydroxylation is 1. The molecule has 0 spiro atoms. The molecule has 0 saturated heterocycles. The number of amides is 1. The van der Waals surface area contributed by atoms with Crippen LogP contribution in [0, 0.1) is 6.92 Å². The van der Waals surface area contributed by atoms with Crippen LogP contribution in [0.3, 0.4) is 0 Å². The van der Waals surface area contributed by atoms with Crippen LogP contribution in [0.1, 0.15) is 36.8 Å². The molecule has 1 aromatic heterocycles. The van der Waals surface area contributed by atoms with Crippen molar-refractivity contribution >= 4 is 33.5 Å². The second-order valence-corrected chi connectivity index (χ2v) is 6.97. The van der Waals surface area contributed by atoms with Crippen molar-refractivity contribution in [2.75, 3.05) is 10.6 Å². The van der Waals surface area contributed by atoms with Gasteiger partial charge in [0.05, 0.1) is 0 Å². The van der Waals surface area contributed by atoms with Gasteiger partial charge in [-0.1, -0.05) is 15.9 Å². The van der Waals surface area contributed by atoms with E-state index in [-0.39, 0.29) is 11.4 Å². The van der Waals surface area contributed by atoms with Gasteiger partial charge in [-0.15, -0.1) is 0 Å². The van der Waals surface area contributed by atoms with E-state index in [0.717, 1.165) is 15.7 Å². The minimum atomic E-state index is -0.259. The van der Waals surface area contributed by atoms with E-state index in [1.165, 1.54) is 0 Å². The molecule has 0 unspecified atom stereocenters. The third-order valence-corrected chi connectivity index (χ3v) is 3.30. The molecule has 22 heavy (non-hydrogen) atoms. The van der Waals surface area contributed by atoms with Gasteiger partial charge in [-0.05, 0) is 57.5 Å². The molecule has 0 radical (unpaired) electrons. The molecule has 0 aliphatic rings. The maximum absolute atomic E-state index is 12.3. The van der Waals surface area contributed by atoms with E-state index in [2.05, 4.69) is 36.5 Å². The number of anilines is 2. The molecule has 0 saturated carbocycles. The van der Waals surface area contributed by atoms with Gasteiger partial charge in [0.1, 0.15) is 5.69 Å². The smallest absolute Gasteiger partial charge is 0.274 e. The molecular weight excluding hydrogens is 344 g/mol. The first kappa shape index (κ1) is 16.4. The van der Waals surface area contributed by atoms with E-state index in [1.807, 2.05) is 45.9 Å². The van der Waals surface area contributed by atoms with Gasteiger partial charge in [0.15, 0.2) is 0 Å². The van der Waals surface area contributed by atoms with Gasteiger partial charge < -0.3 is 10.6 Å². The summed E-state index contributed by atoms with van der Waals surface area (Å²) in [4.78, 5) is 20.7. The highest BCUT2D eigenvalue weighted by Gasteiger charge is 2.14.